The number of carbonyl (C=O) groups is 1. The standard InChI is InChI=1S/C20H17ClO5/c1-3-24-18(22)11-25-15-8-9-17-16(10-15)12(2)19(20(23)26-17)13-4-6-14(21)7-5-13/h4-10H,3,11H2,1-2H3. The molecule has 2 aromatic carbocycles. The Balaban J connectivity index is 2.01. The van der Waals surface area contributed by atoms with E-state index in [1.54, 1.807) is 49.4 Å². The van der Waals surface area contributed by atoms with Crippen molar-refractivity contribution in [3.8, 4) is 16.9 Å². The van der Waals surface area contributed by atoms with E-state index >= 15 is 0 Å². The molecule has 3 aromatic rings. The van der Waals surface area contributed by atoms with Gasteiger partial charge in [-0.25, -0.2) is 9.59 Å². The molecule has 3 rings (SSSR count). The molecule has 6 heteroatoms. The molecule has 0 radical (unpaired) electrons. The van der Waals surface area contributed by atoms with E-state index in [1.165, 1.54) is 0 Å². The lowest BCUT2D eigenvalue weighted by Crippen LogP contribution is -2.14. The van der Waals surface area contributed by atoms with Crippen LogP contribution in [0.3, 0.4) is 0 Å². The van der Waals surface area contributed by atoms with Gasteiger partial charge in [-0.2, -0.15) is 0 Å². The number of fused-ring (bicyclic) bond motifs is 1. The second-order valence-corrected chi connectivity index (χ2v) is 6.08. The van der Waals surface area contributed by atoms with Gasteiger partial charge in [-0.05, 0) is 55.3 Å². The summed E-state index contributed by atoms with van der Waals surface area (Å²) in [6, 6.07) is 12.0. The van der Waals surface area contributed by atoms with Crippen LogP contribution in [0, 0.1) is 6.92 Å². The van der Waals surface area contributed by atoms with Gasteiger partial charge in [0.25, 0.3) is 0 Å². The fourth-order valence-corrected chi connectivity index (χ4v) is 2.84. The minimum absolute atomic E-state index is 0.181. The molecule has 0 aliphatic carbocycles. The zero-order valence-corrected chi connectivity index (χ0v) is 15.1. The van der Waals surface area contributed by atoms with Crippen molar-refractivity contribution in [2.24, 2.45) is 0 Å². The first-order valence-electron chi connectivity index (χ1n) is 8.11. The Bertz CT molecular complexity index is 1010. The summed E-state index contributed by atoms with van der Waals surface area (Å²) in [7, 11) is 0. The van der Waals surface area contributed by atoms with Crippen LogP contribution in [0.5, 0.6) is 5.75 Å². The van der Waals surface area contributed by atoms with Crippen LogP contribution in [0.1, 0.15) is 12.5 Å². The molecular weight excluding hydrogens is 356 g/mol. The summed E-state index contributed by atoms with van der Waals surface area (Å²) >= 11 is 5.92. The van der Waals surface area contributed by atoms with E-state index in [9.17, 15) is 9.59 Å². The van der Waals surface area contributed by atoms with Crippen LogP contribution in [-0.4, -0.2) is 19.2 Å². The Morgan fingerprint density at radius 2 is 1.88 bits per heavy atom. The van der Waals surface area contributed by atoms with E-state index in [4.69, 9.17) is 25.5 Å². The minimum atomic E-state index is -0.439. The summed E-state index contributed by atoms with van der Waals surface area (Å²) in [5.41, 5.74) is 1.99. The van der Waals surface area contributed by atoms with Gasteiger partial charge < -0.3 is 13.9 Å². The van der Waals surface area contributed by atoms with Crippen LogP contribution in [-0.2, 0) is 9.53 Å². The third-order valence-corrected chi connectivity index (χ3v) is 4.18. The van der Waals surface area contributed by atoms with E-state index in [-0.39, 0.29) is 6.61 Å². The van der Waals surface area contributed by atoms with Crippen LogP contribution < -0.4 is 10.4 Å². The first kappa shape index (κ1) is 18.0. The molecule has 5 nitrogen and oxygen atoms in total. The predicted molar refractivity (Wildman–Crippen MR) is 99.8 cm³/mol. The lowest BCUT2D eigenvalue weighted by molar-refractivity contribution is -0.145. The highest BCUT2D eigenvalue weighted by molar-refractivity contribution is 6.30. The largest absolute Gasteiger partial charge is 0.482 e. The molecule has 26 heavy (non-hydrogen) atoms. The molecule has 0 amide bonds. The number of aryl methyl sites for hydroxylation is 1. The van der Waals surface area contributed by atoms with Gasteiger partial charge in [0.2, 0.25) is 0 Å². The Kier molecular flexibility index (Phi) is 5.28. The Morgan fingerprint density at radius 3 is 2.58 bits per heavy atom. The van der Waals surface area contributed by atoms with Crippen molar-refractivity contribution in [3.05, 3.63) is 63.5 Å². The molecule has 0 atom stereocenters. The fraction of sp³-hybridized carbons (Fsp3) is 0.200. The summed E-state index contributed by atoms with van der Waals surface area (Å²) in [6.07, 6.45) is 0. The quantitative estimate of drug-likeness (QED) is 0.491. The average molecular weight is 373 g/mol. The van der Waals surface area contributed by atoms with Gasteiger partial charge in [-0.1, -0.05) is 23.7 Å². The van der Waals surface area contributed by atoms with Gasteiger partial charge in [0.05, 0.1) is 12.2 Å². The molecule has 0 aliphatic heterocycles. The van der Waals surface area contributed by atoms with E-state index in [0.717, 1.165) is 16.5 Å². The average Bonchev–Trinajstić information content (AvgIpc) is 2.62. The Morgan fingerprint density at radius 1 is 1.15 bits per heavy atom. The molecule has 0 saturated carbocycles. The molecule has 0 saturated heterocycles. The van der Waals surface area contributed by atoms with Crippen molar-refractivity contribution in [2.75, 3.05) is 13.2 Å². The molecule has 0 aliphatic rings. The van der Waals surface area contributed by atoms with E-state index in [2.05, 4.69) is 0 Å². The third-order valence-electron chi connectivity index (χ3n) is 3.93. The van der Waals surface area contributed by atoms with Crippen molar-refractivity contribution in [3.63, 3.8) is 0 Å². The number of ether oxygens (including phenoxy) is 2. The van der Waals surface area contributed by atoms with E-state index in [1.807, 2.05) is 6.92 Å². The Hall–Kier alpha value is -2.79. The molecule has 134 valence electrons. The highest BCUT2D eigenvalue weighted by Gasteiger charge is 2.14. The lowest BCUT2D eigenvalue weighted by atomic mass is 9.99. The summed E-state index contributed by atoms with van der Waals surface area (Å²) < 4.78 is 15.7. The SMILES string of the molecule is CCOC(=O)COc1ccc2oc(=O)c(-c3ccc(Cl)cc3)c(C)c2c1. The van der Waals surface area contributed by atoms with Gasteiger partial charge in [-0.3, -0.25) is 0 Å². The minimum Gasteiger partial charge on any atom is -0.482 e. The maximum atomic E-state index is 12.4. The van der Waals surface area contributed by atoms with Crippen molar-refractivity contribution in [1.29, 1.82) is 0 Å². The molecule has 0 unspecified atom stereocenters. The molecule has 0 spiro atoms. The Labute approximate surface area is 155 Å². The first-order valence-corrected chi connectivity index (χ1v) is 8.49. The van der Waals surface area contributed by atoms with Crippen molar-refractivity contribution >= 4 is 28.5 Å². The van der Waals surface area contributed by atoms with E-state index < -0.39 is 11.6 Å². The summed E-state index contributed by atoms with van der Waals surface area (Å²) in [5.74, 6) is 0.0512. The number of rotatable bonds is 5. The van der Waals surface area contributed by atoms with Gasteiger partial charge in [0.15, 0.2) is 6.61 Å². The zero-order valence-electron chi connectivity index (χ0n) is 14.4. The maximum Gasteiger partial charge on any atom is 0.344 e. The van der Waals surface area contributed by atoms with Crippen LogP contribution >= 0.6 is 11.6 Å². The molecule has 1 aromatic heterocycles. The number of carbonyl (C=O) groups excluding carboxylic acids is 1. The molecular formula is C20H17ClO5. The summed E-state index contributed by atoms with van der Waals surface area (Å²) in [4.78, 5) is 23.9. The van der Waals surface area contributed by atoms with E-state index in [0.29, 0.717) is 28.5 Å². The highest BCUT2D eigenvalue weighted by Crippen LogP contribution is 2.29. The summed E-state index contributed by atoms with van der Waals surface area (Å²) in [6.45, 7) is 3.70. The third kappa shape index (κ3) is 3.73. The second kappa shape index (κ2) is 7.62. The normalized spacial score (nSPS) is 10.7. The van der Waals surface area contributed by atoms with Gasteiger partial charge >= 0.3 is 11.6 Å². The lowest BCUT2D eigenvalue weighted by Gasteiger charge is -2.10. The van der Waals surface area contributed by atoms with Crippen LogP contribution in [0.15, 0.2) is 51.7 Å². The highest BCUT2D eigenvalue weighted by atomic mass is 35.5. The fourth-order valence-electron chi connectivity index (χ4n) is 2.72. The van der Waals surface area contributed by atoms with Gasteiger partial charge in [0.1, 0.15) is 11.3 Å². The number of hydrogen-bond acceptors (Lipinski definition) is 5. The topological polar surface area (TPSA) is 65.7 Å². The van der Waals surface area contributed by atoms with Crippen LogP contribution in [0.25, 0.3) is 22.1 Å². The molecule has 1 heterocycles. The molecule has 0 fully saturated rings. The van der Waals surface area contributed by atoms with Gasteiger partial charge in [-0.15, -0.1) is 0 Å². The number of benzene rings is 2. The first-order chi connectivity index (χ1) is 12.5. The van der Waals surface area contributed by atoms with Crippen LogP contribution in [0.2, 0.25) is 5.02 Å². The maximum absolute atomic E-state index is 12.4. The summed E-state index contributed by atoms with van der Waals surface area (Å²) in [5, 5.41) is 1.32. The van der Waals surface area contributed by atoms with Crippen molar-refractivity contribution < 1.29 is 18.7 Å². The molecule has 0 bridgehead atoms. The number of esters is 1. The number of halogens is 1. The van der Waals surface area contributed by atoms with Crippen molar-refractivity contribution in [2.45, 2.75) is 13.8 Å². The number of hydrogen-bond donors (Lipinski definition) is 0. The van der Waals surface area contributed by atoms with Crippen LogP contribution in [0.4, 0.5) is 0 Å². The smallest absolute Gasteiger partial charge is 0.344 e. The second-order valence-electron chi connectivity index (χ2n) is 5.65. The molecule has 0 N–H and O–H groups in total. The zero-order chi connectivity index (χ0) is 18.7. The van der Waals surface area contributed by atoms with Crippen molar-refractivity contribution in [1.82, 2.24) is 0 Å². The predicted octanol–water partition coefficient (Wildman–Crippen LogP) is 4.36. The monoisotopic (exact) mass is 372 g/mol. The van der Waals surface area contributed by atoms with Gasteiger partial charge in [0, 0.05) is 10.4 Å².